The number of carboxylic acid groups (broad SMARTS) is 1. The minimum absolute atomic E-state index is 0.435. The number of carboxylic acids is 1. The maximum absolute atomic E-state index is 11.4. The summed E-state index contributed by atoms with van der Waals surface area (Å²) >= 11 is 0. The first-order valence-corrected chi connectivity index (χ1v) is 7.74. The smallest absolute Gasteiger partial charge is 0.312 e. The average molecular weight is 273 g/mol. The first kappa shape index (κ1) is 13.6. The molecule has 1 aromatic rings. The predicted molar refractivity (Wildman–Crippen MR) is 78.6 cm³/mol. The summed E-state index contributed by atoms with van der Waals surface area (Å²) in [5.41, 5.74) is 0.891. The zero-order valence-corrected chi connectivity index (χ0v) is 11.8. The van der Waals surface area contributed by atoms with Gasteiger partial charge in [-0.15, -0.1) is 0 Å². The Hall–Kier alpha value is -1.35. The Kier molecular flexibility index (Phi) is 4.06. The topological polar surface area (TPSA) is 49.3 Å². The second-order valence-corrected chi connectivity index (χ2v) is 6.30. The fourth-order valence-electron chi connectivity index (χ4n) is 3.19. The Bertz CT molecular complexity index is 439. The normalized spacial score (nSPS) is 20.1. The first-order valence-electron chi connectivity index (χ1n) is 7.74. The fourth-order valence-corrected chi connectivity index (χ4v) is 3.19. The molecule has 0 aliphatic heterocycles. The van der Waals surface area contributed by atoms with Crippen molar-refractivity contribution in [2.75, 3.05) is 13.1 Å². The zero-order chi connectivity index (χ0) is 13.9. The van der Waals surface area contributed by atoms with E-state index in [9.17, 15) is 9.90 Å². The molecule has 2 saturated carbocycles. The minimum atomic E-state index is -0.738. The van der Waals surface area contributed by atoms with Crippen molar-refractivity contribution in [2.45, 2.75) is 31.6 Å². The van der Waals surface area contributed by atoms with Crippen LogP contribution in [0.5, 0.6) is 0 Å². The Morgan fingerprint density at radius 3 is 2.20 bits per heavy atom. The molecule has 1 atom stereocenters. The third-order valence-corrected chi connectivity index (χ3v) is 4.68. The van der Waals surface area contributed by atoms with Crippen LogP contribution in [-0.2, 0) is 4.79 Å². The molecular weight excluding hydrogens is 250 g/mol. The Morgan fingerprint density at radius 2 is 1.70 bits per heavy atom. The molecular formula is C17H23NO2. The zero-order valence-electron chi connectivity index (χ0n) is 11.8. The second kappa shape index (κ2) is 5.96. The molecule has 2 N–H and O–H groups in total. The Morgan fingerprint density at radius 1 is 1.10 bits per heavy atom. The third kappa shape index (κ3) is 3.40. The highest BCUT2D eigenvalue weighted by Gasteiger charge is 2.40. The molecule has 1 unspecified atom stereocenters. The molecule has 0 spiro atoms. The van der Waals surface area contributed by atoms with E-state index in [0.29, 0.717) is 6.54 Å². The van der Waals surface area contributed by atoms with Gasteiger partial charge in [0, 0.05) is 6.54 Å². The van der Waals surface area contributed by atoms with E-state index in [1.165, 1.54) is 25.7 Å². The van der Waals surface area contributed by atoms with Crippen LogP contribution in [0.4, 0.5) is 0 Å². The lowest BCUT2D eigenvalue weighted by Crippen LogP contribution is -2.32. The number of rotatable bonds is 8. The van der Waals surface area contributed by atoms with Crippen molar-refractivity contribution in [3.8, 4) is 0 Å². The lowest BCUT2D eigenvalue weighted by molar-refractivity contribution is -0.138. The Labute approximate surface area is 120 Å². The Balaban J connectivity index is 1.53. The highest BCUT2D eigenvalue weighted by molar-refractivity contribution is 5.76. The van der Waals surface area contributed by atoms with Gasteiger partial charge in [0.2, 0.25) is 0 Å². The molecule has 3 rings (SSSR count). The summed E-state index contributed by atoms with van der Waals surface area (Å²) in [7, 11) is 0. The van der Waals surface area contributed by atoms with Crippen LogP contribution in [0.1, 0.15) is 37.2 Å². The van der Waals surface area contributed by atoms with Crippen molar-refractivity contribution in [2.24, 2.45) is 17.8 Å². The number of nitrogens with one attached hydrogen (secondary N) is 1. The number of hydrogen-bond donors (Lipinski definition) is 2. The van der Waals surface area contributed by atoms with Gasteiger partial charge >= 0.3 is 5.97 Å². The minimum Gasteiger partial charge on any atom is -0.481 e. The number of hydrogen-bond acceptors (Lipinski definition) is 2. The molecule has 2 aliphatic rings. The molecule has 1 aromatic carbocycles. The van der Waals surface area contributed by atoms with Gasteiger partial charge in [-0.1, -0.05) is 30.3 Å². The number of benzene rings is 1. The molecule has 3 nitrogen and oxygen atoms in total. The van der Waals surface area contributed by atoms with Crippen molar-refractivity contribution in [1.82, 2.24) is 5.32 Å². The van der Waals surface area contributed by atoms with Gasteiger partial charge in [0.05, 0.1) is 5.92 Å². The quantitative estimate of drug-likeness (QED) is 0.765. The van der Waals surface area contributed by atoms with Gasteiger partial charge in [-0.2, -0.15) is 0 Å². The van der Waals surface area contributed by atoms with Gasteiger partial charge in [-0.25, -0.2) is 0 Å². The van der Waals surface area contributed by atoms with Crippen LogP contribution in [0.3, 0.4) is 0 Å². The van der Waals surface area contributed by atoms with Crippen LogP contribution in [0.25, 0.3) is 0 Å². The molecule has 0 aromatic heterocycles. The van der Waals surface area contributed by atoms with Gasteiger partial charge < -0.3 is 10.4 Å². The third-order valence-electron chi connectivity index (χ3n) is 4.68. The van der Waals surface area contributed by atoms with E-state index in [1.807, 2.05) is 30.3 Å². The standard InChI is InChI=1S/C17H23NO2/c19-17(20)16(12-4-2-1-3-5-12)11-18-10-15(13-6-7-13)14-8-9-14/h1-5,13-16,18H,6-11H2,(H,19,20). The SMILES string of the molecule is O=C(O)C(CNCC(C1CC1)C1CC1)c1ccccc1. The summed E-state index contributed by atoms with van der Waals surface area (Å²) in [6.45, 7) is 1.53. The second-order valence-electron chi connectivity index (χ2n) is 6.30. The van der Waals surface area contributed by atoms with Gasteiger partial charge in [-0.3, -0.25) is 4.79 Å². The molecule has 3 heteroatoms. The van der Waals surface area contributed by atoms with E-state index in [4.69, 9.17) is 0 Å². The monoisotopic (exact) mass is 273 g/mol. The highest BCUT2D eigenvalue weighted by atomic mass is 16.4. The van der Waals surface area contributed by atoms with Crippen molar-refractivity contribution >= 4 is 5.97 Å². The van der Waals surface area contributed by atoms with E-state index >= 15 is 0 Å². The lowest BCUT2D eigenvalue weighted by Gasteiger charge is -2.19. The maximum atomic E-state index is 11.4. The largest absolute Gasteiger partial charge is 0.481 e. The van der Waals surface area contributed by atoms with E-state index in [1.54, 1.807) is 0 Å². The van der Waals surface area contributed by atoms with Gasteiger partial charge in [0.15, 0.2) is 0 Å². The summed E-state index contributed by atoms with van der Waals surface area (Å²) in [5, 5.41) is 12.8. The first-order chi connectivity index (χ1) is 9.75. The van der Waals surface area contributed by atoms with Crippen molar-refractivity contribution in [1.29, 1.82) is 0 Å². The molecule has 0 bridgehead atoms. The molecule has 0 amide bonds. The average Bonchev–Trinajstić information content (AvgIpc) is 3.32. The van der Waals surface area contributed by atoms with Gasteiger partial charge in [-0.05, 0) is 55.5 Å². The number of carbonyl (C=O) groups is 1. The molecule has 108 valence electrons. The molecule has 0 heterocycles. The molecule has 0 saturated heterocycles. The van der Waals surface area contributed by atoms with Crippen LogP contribution in [0, 0.1) is 17.8 Å². The summed E-state index contributed by atoms with van der Waals surface area (Å²) < 4.78 is 0. The summed E-state index contributed by atoms with van der Waals surface area (Å²) in [6.07, 6.45) is 5.52. The molecule has 20 heavy (non-hydrogen) atoms. The van der Waals surface area contributed by atoms with E-state index in [-0.39, 0.29) is 0 Å². The molecule has 0 radical (unpaired) electrons. The maximum Gasteiger partial charge on any atom is 0.312 e. The van der Waals surface area contributed by atoms with E-state index in [2.05, 4.69) is 5.32 Å². The van der Waals surface area contributed by atoms with E-state index < -0.39 is 11.9 Å². The van der Waals surface area contributed by atoms with Crippen molar-refractivity contribution in [3.05, 3.63) is 35.9 Å². The van der Waals surface area contributed by atoms with Crippen LogP contribution in [0.15, 0.2) is 30.3 Å². The summed E-state index contributed by atoms with van der Waals surface area (Å²) in [4.78, 5) is 11.4. The summed E-state index contributed by atoms with van der Waals surface area (Å²) in [6, 6.07) is 9.54. The van der Waals surface area contributed by atoms with Crippen LogP contribution < -0.4 is 5.32 Å². The highest BCUT2D eigenvalue weighted by Crippen LogP contribution is 2.48. The van der Waals surface area contributed by atoms with E-state index in [0.717, 1.165) is 29.9 Å². The summed E-state index contributed by atoms with van der Waals surface area (Å²) in [5.74, 6) is 1.44. The molecule has 2 aliphatic carbocycles. The van der Waals surface area contributed by atoms with Crippen molar-refractivity contribution < 1.29 is 9.90 Å². The van der Waals surface area contributed by atoms with Gasteiger partial charge in [0.25, 0.3) is 0 Å². The number of aliphatic carboxylic acids is 1. The van der Waals surface area contributed by atoms with Crippen LogP contribution in [0.2, 0.25) is 0 Å². The van der Waals surface area contributed by atoms with Gasteiger partial charge in [0.1, 0.15) is 0 Å². The van der Waals surface area contributed by atoms with Crippen LogP contribution in [-0.4, -0.2) is 24.2 Å². The molecule has 2 fully saturated rings. The predicted octanol–water partition coefficient (Wildman–Crippen LogP) is 2.88. The van der Waals surface area contributed by atoms with Crippen LogP contribution >= 0.6 is 0 Å². The lowest BCUT2D eigenvalue weighted by atomic mass is 9.96. The van der Waals surface area contributed by atoms with Crippen molar-refractivity contribution in [3.63, 3.8) is 0 Å². The fraction of sp³-hybridized carbons (Fsp3) is 0.588.